The lowest BCUT2D eigenvalue weighted by molar-refractivity contribution is -0.147. The molecule has 0 saturated carbocycles. The van der Waals surface area contributed by atoms with Crippen LogP contribution in [-0.2, 0) is 4.79 Å². The summed E-state index contributed by atoms with van der Waals surface area (Å²) in [4.78, 5) is 14.2. The molecule has 3 rings (SSSR count). The zero-order valence-corrected chi connectivity index (χ0v) is 16.4. The van der Waals surface area contributed by atoms with E-state index in [4.69, 9.17) is 18.7 Å². The number of nitrogens with two attached hydrogens (primary N) is 1. The number of carbonyl (C=O) groups is 1. The van der Waals surface area contributed by atoms with Crippen LogP contribution in [0.1, 0.15) is 38.5 Å². The Morgan fingerprint density at radius 1 is 1.46 bits per heavy atom. The topological polar surface area (TPSA) is 119 Å². The van der Waals surface area contributed by atoms with Crippen molar-refractivity contribution in [2.45, 2.75) is 55.5 Å². The summed E-state index contributed by atoms with van der Waals surface area (Å²) in [5.41, 5.74) is 6.06. The van der Waals surface area contributed by atoms with Gasteiger partial charge in [0.05, 0.1) is 7.85 Å². The quantitative estimate of drug-likeness (QED) is 0.375. The number of hydrogen-bond donors (Lipinski definition) is 5. The lowest BCUT2D eigenvalue weighted by Crippen LogP contribution is -2.60. The standard InChI is InChI=1S/C20H32BN3O4/c21-16(4-2-12-25)20(22,18(26)27)15-6-10-24(11-7-15)13-19(28)8-1-3-14-5-9-23-17(14)19/h1,3,15-16,23,25,28H,2,4-13,22H2,(H,26,27). The van der Waals surface area contributed by atoms with Crippen molar-refractivity contribution >= 4 is 13.8 Å². The maximum absolute atomic E-state index is 12.0. The number of nitrogens with zero attached hydrogens (tertiary/aromatic N) is 1. The molecular formula is C20H32BN3O4. The molecule has 8 heteroatoms. The SMILES string of the molecule is [B]C(CCCO)C(N)(C(=O)O)C1CCN(CC2(O)CC=CC3=C2NCC3)CC1. The molecule has 2 radical (unpaired) electrons. The van der Waals surface area contributed by atoms with Gasteiger partial charge < -0.3 is 31.3 Å². The average Bonchev–Trinajstić information content (AvgIpc) is 3.16. The molecule has 3 unspecified atom stereocenters. The Balaban J connectivity index is 1.62. The van der Waals surface area contributed by atoms with Crippen molar-refractivity contribution in [3.63, 3.8) is 0 Å². The minimum Gasteiger partial charge on any atom is -0.480 e. The third-order valence-corrected chi connectivity index (χ3v) is 6.66. The second-order valence-corrected chi connectivity index (χ2v) is 8.48. The fourth-order valence-corrected chi connectivity index (χ4v) is 4.96. The van der Waals surface area contributed by atoms with Gasteiger partial charge in [-0.3, -0.25) is 4.79 Å². The van der Waals surface area contributed by atoms with Crippen LogP contribution >= 0.6 is 0 Å². The van der Waals surface area contributed by atoms with E-state index in [1.165, 1.54) is 5.57 Å². The van der Waals surface area contributed by atoms with Crippen LogP contribution in [0, 0.1) is 5.92 Å². The van der Waals surface area contributed by atoms with Gasteiger partial charge in [0, 0.05) is 31.8 Å². The van der Waals surface area contributed by atoms with Gasteiger partial charge in [0.2, 0.25) is 0 Å². The molecule has 7 nitrogen and oxygen atoms in total. The third kappa shape index (κ3) is 4.01. The van der Waals surface area contributed by atoms with E-state index in [1.807, 2.05) is 6.08 Å². The van der Waals surface area contributed by atoms with Crippen molar-refractivity contribution in [3.05, 3.63) is 23.4 Å². The molecule has 1 aliphatic carbocycles. The summed E-state index contributed by atoms with van der Waals surface area (Å²) in [6, 6.07) is 0. The largest absolute Gasteiger partial charge is 0.480 e. The summed E-state index contributed by atoms with van der Waals surface area (Å²) < 4.78 is 0. The number of aliphatic hydroxyl groups excluding tert-OH is 1. The molecule has 2 aliphatic heterocycles. The van der Waals surface area contributed by atoms with Crippen molar-refractivity contribution in [1.29, 1.82) is 0 Å². The van der Waals surface area contributed by atoms with E-state index >= 15 is 0 Å². The fourth-order valence-electron chi connectivity index (χ4n) is 4.96. The minimum atomic E-state index is -1.49. The molecule has 28 heavy (non-hydrogen) atoms. The van der Waals surface area contributed by atoms with Crippen LogP contribution in [0.2, 0.25) is 5.82 Å². The second kappa shape index (κ2) is 8.57. The first-order valence-electron chi connectivity index (χ1n) is 10.3. The number of carboxylic acids is 1. The number of aliphatic hydroxyl groups is 2. The van der Waals surface area contributed by atoms with Gasteiger partial charge in [0.15, 0.2) is 0 Å². The second-order valence-electron chi connectivity index (χ2n) is 8.48. The molecule has 1 fully saturated rings. The molecule has 0 aromatic rings. The summed E-state index contributed by atoms with van der Waals surface area (Å²) >= 11 is 0. The summed E-state index contributed by atoms with van der Waals surface area (Å²) in [5.74, 6) is -2.00. The van der Waals surface area contributed by atoms with Crippen molar-refractivity contribution < 1.29 is 20.1 Å². The highest BCUT2D eigenvalue weighted by atomic mass is 16.4. The Kier molecular flexibility index (Phi) is 6.54. The van der Waals surface area contributed by atoms with Crippen LogP contribution in [0.15, 0.2) is 23.4 Å². The molecule has 154 valence electrons. The van der Waals surface area contributed by atoms with Gasteiger partial charge in [0.25, 0.3) is 0 Å². The van der Waals surface area contributed by atoms with E-state index in [0.29, 0.717) is 51.7 Å². The summed E-state index contributed by atoms with van der Waals surface area (Å²) in [6.07, 6.45) is 7.73. The van der Waals surface area contributed by atoms with Gasteiger partial charge in [-0.15, -0.1) is 0 Å². The van der Waals surface area contributed by atoms with Gasteiger partial charge in [-0.25, -0.2) is 0 Å². The van der Waals surface area contributed by atoms with Gasteiger partial charge in [-0.1, -0.05) is 18.6 Å². The molecule has 2 heterocycles. The Morgan fingerprint density at radius 2 is 2.18 bits per heavy atom. The molecule has 0 aromatic heterocycles. The Morgan fingerprint density at radius 3 is 2.82 bits per heavy atom. The van der Waals surface area contributed by atoms with Crippen LogP contribution in [0.3, 0.4) is 0 Å². The average molecular weight is 389 g/mol. The van der Waals surface area contributed by atoms with E-state index in [2.05, 4.69) is 16.3 Å². The number of hydrogen-bond acceptors (Lipinski definition) is 6. The number of aliphatic carboxylic acids is 1. The Labute approximate surface area is 168 Å². The summed E-state index contributed by atoms with van der Waals surface area (Å²) in [5, 5.41) is 33.4. The predicted octanol–water partition coefficient (Wildman–Crippen LogP) is 0.148. The predicted molar refractivity (Wildman–Crippen MR) is 108 cm³/mol. The maximum atomic E-state index is 12.0. The summed E-state index contributed by atoms with van der Waals surface area (Å²) in [6.45, 7) is 2.72. The highest BCUT2D eigenvalue weighted by Crippen LogP contribution is 2.38. The smallest absolute Gasteiger partial charge is 0.323 e. The zero-order valence-electron chi connectivity index (χ0n) is 16.4. The normalized spacial score (nSPS) is 29.2. The molecular weight excluding hydrogens is 357 g/mol. The monoisotopic (exact) mass is 389 g/mol. The number of carboxylic acid groups (broad SMARTS) is 1. The van der Waals surface area contributed by atoms with E-state index in [0.717, 1.165) is 18.7 Å². The molecule has 0 amide bonds. The highest BCUT2D eigenvalue weighted by molar-refractivity contribution is 6.15. The Bertz CT molecular complexity index is 647. The van der Waals surface area contributed by atoms with Crippen molar-refractivity contribution in [1.82, 2.24) is 10.2 Å². The number of allylic oxidation sites excluding steroid dienone is 1. The van der Waals surface area contributed by atoms with Crippen LogP contribution in [0.5, 0.6) is 0 Å². The molecule has 0 spiro atoms. The molecule has 3 aliphatic rings. The molecule has 6 N–H and O–H groups in total. The van der Waals surface area contributed by atoms with E-state index in [1.54, 1.807) is 0 Å². The summed E-state index contributed by atoms with van der Waals surface area (Å²) in [7, 11) is 6.14. The van der Waals surface area contributed by atoms with Gasteiger partial charge >= 0.3 is 5.97 Å². The number of β-amino-alcohol motifs (C(OH)–C–C–N with tert-alkyl or cyclic N) is 1. The first kappa shape index (κ1) is 21.4. The van der Waals surface area contributed by atoms with Crippen molar-refractivity contribution in [3.8, 4) is 0 Å². The van der Waals surface area contributed by atoms with Crippen LogP contribution in [0.4, 0.5) is 0 Å². The Hall–Kier alpha value is -1.35. The van der Waals surface area contributed by atoms with Gasteiger partial charge in [0.1, 0.15) is 11.1 Å². The maximum Gasteiger partial charge on any atom is 0.323 e. The lowest BCUT2D eigenvalue weighted by atomic mass is 9.61. The van der Waals surface area contributed by atoms with E-state index < -0.39 is 22.9 Å². The zero-order chi connectivity index (χ0) is 20.4. The first-order chi connectivity index (χ1) is 13.3. The number of rotatable bonds is 8. The van der Waals surface area contributed by atoms with Crippen LogP contribution in [0.25, 0.3) is 0 Å². The van der Waals surface area contributed by atoms with E-state index in [-0.39, 0.29) is 12.5 Å². The molecule has 0 bridgehead atoms. The fraction of sp³-hybridized carbons (Fsp3) is 0.750. The van der Waals surface area contributed by atoms with Gasteiger partial charge in [-0.05, 0) is 56.1 Å². The molecule has 0 aromatic carbocycles. The number of piperidine rings is 1. The number of likely N-dealkylation sites (tertiary alicyclic amines) is 1. The number of nitrogens with one attached hydrogen (secondary N) is 1. The van der Waals surface area contributed by atoms with Gasteiger partial charge in [-0.2, -0.15) is 0 Å². The highest BCUT2D eigenvalue weighted by Gasteiger charge is 2.47. The minimum absolute atomic E-state index is 0.0270. The molecule has 1 saturated heterocycles. The van der Waals surface area contributed by atoms with Crippen LogP contribution < -0.4 is 11.1 Å². The van der Waals surface area contributed by atoms with Crippen molar-refractivity contribution in [2.24, 2.45) is 11.7 Å². The third-order valence-electron chi connectivity index (χ3n) is 6.66. The first-order valence-corrected chi connectivity index (χ1v) is 10.3. The molecule has 3 atom stereocenters. The lowest BCUT2D eigenvalue weighted by Gasteiger charge is -2.45. The van der Waals surface area contributed by atoms with Crippen molar-refractivity contribution in [2.75, 3.05) is 32.8 Å². The van der Waals surface area contributed by atoms with Crippen LogP contribution in [-0.4, -0.2) is 78.0 Å². The van der Waals surface area contributed by atoms with E-state index in [9.17, 15) is 15.0 Å².